The molecule has 3 nitrogen and oxygen atoms in total. The predicted octanol–water partition coefficient (Wildman–Crippen LogP) is 3.74. The molecule has 3 aromatic rings. The van der Waals surface area contributed by atoms with Crippen molar-refractivity contribution in [1.29, 1.82) is 0 Å². The first-order chi connectivity index (χ1) is 13.2. The van der Waals surface area contributed by atoms with E-state index in [4.69, 9.17) is 6.42 Å². The molecule has 1 aromatic heterocycles. The molecule has 1 saturated heterocycles. The van der Waals surface area contributed by atoms with Gasteiger partial charge in [-0.3, -0.25) is 0 Å². The van der Waals surface area contributed by atoms with E-state index in [0.29, 0.717) is 6.54 Å². The van der Waals surface area contributed by atoms with Crippen LogP contribution in [0.3, 0.4) is 0 Å². The van der Waals surface area contributed by atoms with Gasteiger partial charge in [0.1, 0.15) is 4.70 Å². The molecule has 136 valence electrons. The summed E-state index contributed by atoms with van der Waals surface area (Å²) < 4.78 is 3.47. The average Bonchev–Trinajstić information content (AvgIpc) is 3.05. The summed E-state index contributed by atoms with van der Waals surface area (Å²) in [5, 5.41) is 1.18. The first kappa shape index (κ1) is 17.8. The number of hydrogen-bond acceptors (Lipinski definition) is 3. The number of thiazole rings is 1. The van der Waals surface area contributed by atoms with E-state index in [1.165, 1.54) is 26.5 Å². The van der Waals surface area contributed by atoms with Crippen molar-refractivity contribution < 1.29 is 4.57 Å². The van der Waals surface area contributed by atoms with Gasteiger partial charge in [0.25, 0.3) is 5.01 Å². The molecule has 0 unspecified atom stereocenters. The lowest BCUT2D eigenvalue weighted by molar-refractivity contribution is -0.655. The van der Waals surface area contributed by atoms with Crippen molar-refractivity contribution >= 4 is 39.4 Å². The number of terminal acetylenes is 1. The monoisotopic (exact) mass is 374 g/mol. The van der Waals surface area contributed by atoms with Crippen LogP contribution >= 0.6 is 11.3 Å². The maximum Gasteiger partial charge on any atom is 0.263 e. The second-order valence-electron chi connectivity index (χ2n) is 6.91. The molecule has 1 aliphatic rings. The normalized spacial score (nSPS) is 15.5. The first-order valence-electron chi connectivity index (χ1n) is 9.31. The van der Waals surface area contributed by atoms with Gasteiger partial charge < -0.3 is 9.80 Å². The quantitative estimate of drug-likeness (QED) is 0.509. The van der Waals surface area contributed by atoms with Crippen LogP contribution < -0.4 is 9.47 Å². The van der Waals surface area contributed by atoms with Crippen molar-refractivity contribution in [2.24, 2.45) is 0 Å². The minimum absolute atomic E-state index is 0.589. The highest BCUT2D eigenvalue weighted by Crippen LogP contribution is 2.23. The Morgan fingerprint density at radius 1 is 1.04 bits per heavy atom. The number of rotatable bonds is 4. The molecule has 0 amide bonds. The molecular formula is C23H24N3S+. The van der Waals surface area contributed by atoms with Crippen molar-refractivity contribution in [2.45, 2.75) is 6.54 Å². The molecule has 2 heterocycles. The predicted molar refractivity (Wildman–Crippen MR) is 116 cm³/mol. The number of fused-ring (bicyclic) bond motifs is 1. The second kappa shape index (κ2) is 7.96. The Labute approximate surface area is 165 Å². The molecule has 0 aliphatic carbocycles. The fourth-order valence-corrected chi connectivity index (χ4v) is 4.52. The molecule has 0 N–H and O–H groups in total. The average molecular weight is 375 g/mol. The SMILES string of the molecule is C#CC[n+]1c(/C=C/c2ccc(N3CCN(C)CC3)cc2)sc2ccccc21. The van der Waals surface area contributed by atoms with E-state index in [1.54, 1.807) is 11.3 Å². The molecule has 2 aromatic carbocycles. The summed E-state index contributed by atoms with van der Waals surface area (Å²) >= 11 is 1.78. The Morgan fingerprint density at radius 3 is 2.52 bits per heavy atom. The fraction of sp³-hybridized carbons (Fsp3) is 0.261. The van der Waals surface area contributed by atoms with Gasteiger partial charge in [0.15, 0.2) is 0 Å². The van der Waals surface area contributed by atoms with E-state index in [0.717, 1.165) is 26.2 Å². The number of hydrogen-bond donors (Lipinski definition) is 0. The van der Waals surface area contributed by atoms with Crippen molar-refractivity contribution in [2.75, 3.05) is 38.1 Å². The van der Waals surface area contributed by atoms with E-state index in [1.807, 2.05) is 0 Å². The standard InChI is InChI=1S/C23H24N3S/c1-3-14-26-21-6-4-5-7-22(21)27-23(26)13-10-19-8-11-20(12-9-19)25-17-15-24(2)16-18-25/h1,4-13H,14-18H2,2H3/q+1. The van der Waals surface area contributed by atoms with Crippen LogP contribution in [0.4, 0.5) is 5.69 Å². The highest BCUT2D eigenvalue weighted by Gasteiger charge is 2.17. The highest BCUT2D eigenvalue weighted by atomic mass is 32.1. The zero-order valence-electron chi connectivity index (χ0n) is 15.6. The molecule has 4 heteroatoms. The van der Waals surface area contributed by atoms with Crippen LogP contribution in [0.1, 0.15) is 10.6 Å². The topological polar surface area (TPSA) is 10.4 Å². The lowest BCUT2D eigenvalue weighted by Gasteiger charge is -2.34. The van der Waals surface area contributed by atoms with Crippen LogP contribution in [0.5, 0.6) is 0 Å². The maximum absolute atomic E-state index is 5.59. The number of piperazine rings is 1. The van der Waals surface area contributed by atoms with Gasteiger partial charge in [0.05, 0.1) is 0 Å². The molecule has 0 atom stereocenters. The largest absolute Gasteiger partial charge is 0.369 e. The highest BCUT2D eigenvalue weighted by molar-refractivity contribution is 7.18. The summed E-state index contributed by atoms with van der Waals surface area (Å²) in [7, 11) is 2.19. The maximum atomic E-state index is 5.59. The van der Waals surface area contributed by atoms with Crippen LogP contribution in [0.25, 0.3) is 22.4 Å². The van der Waals surface area contributed by atoms with Gasteiger partial charge in [-0.25, -0.2) is 0 Å². The number of benzene rings is 2. The van der Waals surface area contributed by atoms with Crippen LogP contribution in [0.15, 0.2) is 48.5 Å². The van der Waals surface area contributed by atoms with Gasteiger partial charge >= 0.3 is 0 Å². The van der Waals surface area contributed by atoms with Gasteiger partial charge in [-0.1, -0.05) is 35.6 Å². The smallest absolute Gasteiger partial charge is 0.263 e. The van der Waals surface area contributed by atoms with Crippen molar-refractivity contribution in [1.82, 2.24) is 4.90 Å². The Bertz CT molecular complexity index is 987. The van der Waals surface area contributed by atoms with Crippen molar-refractivity contribution in [3.63, 3.8) is 0 Å². The van der Waals surface area contributed by atoms with Crippen LogP contribution in [-0.2, 0) is 6.54 Å². The molecule has 0 bridgehead atoms. The zero-order valence-corrected chi connectivity index (χ0v) is 16.5. The Kier molecular flexibility index (Phi) is 5.24. The summed E-state index contributed by atoms with van der Waals surface area (Å²) in [6.07, 6.45) is 9.93. The second-order valence-corrected chi connectivity index (χ2v) is 7.98. The van der Waals surface area contributed by atoms with E-state index in [9.17, 15) is 0 Å². The first-order valence-corrected chi connectivity index (χ1v) is 10.1. The zero-order chi connectivity index (χ0) is 18.6. The van der Waals surface area contributed by atoms with Crippen LogP contribution in [-0.4, -0.2) is 38.1 Å². The number of nitrogens with zero attached hydrogens (tertiary/aromatic N) is 3. The van der Waals surface area contributed by atoms with Crippen LogP contribution in [0.2, 0.25) is 0 Å². The Balaban J connectivity index is 1.54. The molecular weight excluding hydrogens is 350 g/mol. The minimum atomic E-state index is 0.589. The molecule has 0 radical (unpaired) electrons. The van der Waals surface area contributed by atoms with Crippen molar-refractivity contribution in [3.05, 3.63) is 59.1 Å². The van der Waals surface area contributed by atoms with E-state index in [2.05, 4.69) is 88.0 Å². The van der Waals surface area contributed by atoms with E-state index < -0.39 is 0 Å². The molecule has 0 spiro atoms. The van der Waals surface area contributed by atoms with Gasteiger partial charge in [0.2, 0.25) is 12.1 Å². The molecule has 27 heavy (non-hydrogen) atoms. The number of likely N-dealkylation sites (N-methyl/N-ethyl adjacent to an activating group) is 1. The minimum Gasteiger partial charge on any atom is -0.369 e. The van der Waals surface area contributed by atoms with E-state index in [-0.39, 0.29) is 0 Å². The van der Waals surface area contributed by atoms with Crippen molar-refractivity contribution in [3.8, 4) is 12.3 Å². The summed E-state index contributed by atoms with van der Waals surface area (Å²) in [5.74, 6) is 2.77. The molecule has 1 fully saturated rings. The Hall–Kier alpha value is -2.61. The lowest BCUT2D eigenvalue weighted by atomic mass is 10.1. The third kappa shape index (κ3) is 3.90. The lowest BCUT2D eigenvalue weighted by Crippen LogP contribution is -2.44. The third-order valence-corrected chi connectivity index (χ3v) is 6.20. The number of anilines is 1. The van der Waals surface area contributed by atoms with Gasteiger partial charge in [0, 0.05) is 44.0 Å². The number of para-hydroxylation sites is 1. The number of aromatic nitrogens is 1. The summed E-state index contributed by atoms with van der Waals surface area (Å²) in [4.78, 5) is 4.84. The van der Waals surface area contributed by atoms with Gasteiger partial charge in [-0.2, -0.15) is 4.57 Å². The molecule has 0 saturated carbocycles. The van der Waals surface area contributed by atoms with E-state index >= 15 is 0 Å². The Morgan fingerprint density at radius 2 is 1.78 bits per heavy atom. The third-order valence-electron chi connectivity index (χ3n) is 5.07. The fourth-order valence-electron chi connectivity index (χ4n) is 3.46. The van der Waals surface area contributed by atoms with Crippen LogP contribution in [0, 0.1) is 12.3 Å². The molecule has 1 aliphatic heterocycles. The summed E-state index contributed by atoms with van der Waals surface area (Å²) in [6, 6.07) is 17.3. The summed E-state index contributed by atoms with van der Waals surface area (Å²) in [5.41, 5.74) is 3.72. The summed E-state index contributed by atoms with van der Waals surface area (Å²) in [6.45, 7) is 5.04. The van der Waals surface area contributed by atoms with Gasteiger partial charge in [-0.05, 0) is 42.8 Å². The van der Waals surface area contributed by atoms with Gasteiger partial charge in [-0.15, -0.1) is 6.42 Å². The molecule has 4 rings (SSSR count).